The molecule has 1 aliphatic rings. The molecule has 1 rings (SSSR count). The van der Waals surface area contributed by atoms with Crippen LogP contribution in [-0.2, 0) is 9.59 Å². The van der Waals surface area contributed by atoms with Crippen molar-refractivity contribution in [3.8, 4) is 0 Å². The lowest BCUT2D eigenvalue weighted by Crippen LogP contribution is -2.53. The van der Waals surface area contributed by atoms with Crippen molar-refractivity contribution >= 4 is 11.8 Å². The van der Waals surface area contributed by atoms with Crippen molar-refractivity contribution in [3.05, 3.63) is 0 Å². The Morgan fingerprint density at radius 2 is 2.06 bits per heavy atom. The van der Waals surface area contributed by atoms with Crippen LogP contribution in [-0.4, -0.2) is 37.0 Å². The van der Waals surface area contributed by atoms with Gasteiger partial charge in [0.25, 0.3) is 0 Å². The minimum Gasteiger partial charge on any atom is -0.356 e. The zero-order valence-electron chi connectivity index (χ0n) is 11.5. The normalized spacial score (nSPS) is 22.8. The number of carbonyl (C=O) groups is 2. The number of amides is 2. The standard InChI is InChI=1S/C13H25N3O2/c1-3-7-13(8-5-9-16-13)12(18)15-10-6-11(17)14-4-2/h16H,3-10H2,1-2H3,(H,14,17)(H,15,18). The number of hydrogen-bond acceptors (Lipinski definition) is 3. The van der Waals surface area contributed by atoms with Gasteiger partial charge in [0.15, 0.2) is 0 Å². The molecule has 0 aliphatic carbocycles. The summed E-state index contributed by atoms with van der Waals surface area (Å²) in [6.45, 7) is 5.93. The van der Waals surface area contributed by atoms with Crippen LogP contribution in [0.4, 0.5) is 0 Å². The van der Waals surface area contributed by atoms with E-state index < -0.39 is 5.54 Å². The summed E-state index contributed by atoms with van der Waals surface area (Å²) in [7, 11) is 0. The van der Waals surface area contributed by atoms with E-state index in [0.29, 0.717) is 19.5 Å². The number of rotatable bonds is 7. The molecule has 5 nitrogen and oxygen atoms in total. The zero-order chi connectivity index (χ0) is 13.4. The van der Waals surface area contributed by atoms with Crippen LogP contribution in [0.3, 0.4) is 0 Å². The predicted octanol–water partition coefficient (Wildman–Crippen LogP) is 0.551. The molecule has 1 heterocycles. The molecule has 1 fully saturated rings. The molecule has 0 aromatic rings. The van der Waals surface area contributed by atoms with E-state index in [9.17, 15) is 9.59 Å². The predicted molar refractivity (Wildman–Crippen MR) is 71.2 cm³/mol. The van der Waals surface area contributed by atoms with Crippen molar-refractivity contribution in [2.45, 2.75) is 51.5 Å². The molecule has 0 saturated carbocycles. The monoisotopic (exact) mass is 255 g/mol. The Labute approximate surface area is 109 Å². The Bertz CT molecular complexity index is 286. The van der Waals surface area contributed by atoms with Crippen LogP contribution >= 0.6 is 0 Å². The summed E-state index contributed by atoms with van der Waals surface area (Å²) in [5.41, 5.74) is -0.393. The molecule has 0 aromatic heterocycles. The highest BCUT2D eigenvalue weighted by Gasteiger charge is 2.39. The highest BCUT2D eigenvalue weighted by molar-refractivity contribution is 5.87. The van der Waals surface area contributed by atoms with Crippen LogP contribution in [0.15, 0.2) is 0 Å². The zero-order valence-corrected chi connectivity index (χ0v) is 11.5. The van der Waals surface area contributed by atoms with E-state index in [1.54, 1.807) is 0 Å². The van der Waals surface area contributed by atoms with E-state index in [1.165, 1.54) is 0 Å². The SMILES string of the molecule is CCCC1(C(=O)NCCC(=O)NCC)CCCN1. The van der Waals surface area contributed by atoms with Crippen molar-refractivity contribution in [2.24, 2.45) is 0 Å². The van der Waals surface area contributed by atoms with Gasteiger partial charge in [-0.3, -0.25) is 9.59 Å². The molecule has 0 spiro atoms. The highest BCUT2D eigenvalue weighted by atomic mass is 16.2. The van der Waals surface area contributed by atoms with Gasteiger partial charge < -0.3 is 16.0 Å². The fourth-order valence-corrected chi connectivity index (χ4v) is 2.50. The quantitative estimate of drug-likeness (QED) is 0.622. The van der Waals surface area contributed by atoms with Gasteiger partial charge in [-0.05, 0) is 32.7 Å². The van der Waals surface area contributed by atoms with Gasteiger partial charge in [-0.2, -0.15) is 0 Å². The van der Waals surface area contributed by atoms with Crippen molar-refractivity contribution in [3.63, 3.8) is 0 Å². The number of hydrogen-bond donors (Lipinski definition) is 3. The molecule has 0 radical (unpaired) electrons. The van der Waals surface area contributed by atoms with E-state index in [1.807, 2.05) is 6.92 Å². The summed E-state index contributed by atoms with van der Waals surface area (Å²) in [6.07, 6.45) is 4.14. The largest absolute Gasteiger partial charge is 0.356 e. The third kappa shape index (κ3) is 3.98. The van der Waals surface area contributed by atoms with Crippen LogP contribution in [0.25, 0.3) is 0 Å². The lowest BCUT2D eigenvalue weighted by molar-refractivity contribution is -0.127. The smallest absolute Gasteiger partial charge is 0.240 e. The van der Waals surface area contributed by atoms with Crippen molar-refractivity contribution in [1.82, 2.24) is 16.0 Å². The van der Waals surface area contributed by atoms with Crippen LogP contribution in [0.5, 0.6) is 0 Å². The van der Waals surface area contributed by atoms with Gasteiger partial charge in [-0.1, -0.05) is 13.3 Å². The lowest BCUT2D eigenvalue weighted by Gasteiger charge is -2.27. The first-order valence-corrected chi connectivity index (χ1v) is 6.94. The third-order valence-electron chi connectivity index (χ3n) is 3.37. The molecule has 2 amide bonds. The van der Waals surface area contributed by atoms with Gasteiger partial charge in [0.05, 0.1) is 5.54 Å². The summed E-state index contributed by atoms with van der Waals surface area (Å²) < 4.78 is 0. The average molecular weight is 255 g/mol. The van der Waals surface area contributed by atoms with Gasteiger partial charge in [0.2, 0.25) is 11.8 Å². The minimum absolute atomic E-state index is 0.0123. The second-order valence-corrected chi connectivity index (χ2v) is 4.82. The van der Waals surface area contributed by atoms with Crippen LogP contribution in [0.1, 0.15) is 46.0 Å². The van der Waals surface area contributed by atoms with E-state index in [2.05, 4.69) is 22.9 Å². The summed E-state index contributed by atoms with van der Waals surface area (Å²) >= 11 is 0. The van der Waals surface area contributed by atoms with Gasteiger partial charge in [0, 0.05) is 19.5 Å². The topological polar surface area (TPSA) is 70.2 Å². The van der Waals surface area contributed by atoms with Crippen molar-refractivity contribution in [2.75, 3.05) is 19.6 Å². The fourth-order valence-electron chi connectivity index (χ4n) is 2.50. The van der Waals surface area contributed by atoms with Gasteiger partial charge in [-0.25, -0.2) is 0 Å². The second-order valence-electron chi connectivity index (χ2n) is 4.82. The first-order valence-electron chi connectivity index (χ1n) is 6.94. The molecule has 0 bridgehead atoms. The van der Waals surface area contributed by atoms with E-state index >= 15 is 0 Å². The van der Waals surface area contributed by atoms with Gasteiger partial charge >= 0.3 is 0 Å². The molecular formula is C13H25N3O2. The number of carbonyl (C=O) groups excluding carboxylic acids is 2. The van der Waals surface area contributed by atoms with E-state index in [4.69, 9.17) is 0 Å². The Balaban J connectivity index is 2.36. The lowest BCUT2D eigenvalue weighted by atomic mass is 9.91. The number of nitrogens with one attached hydrogen (secondary N) is 3. The molecule has 1 unspecified atom stereocenters. The molecule has 18 heavy (non-hydrogen) atoms. The second kappa shape index (κ2) is 7.36. The van der Waals surface area contributed by atoms with Crippen LogP contribution < -0.4 is 16.0 Å². The summed E-state index contributed by atoms with van der Waals surface area (Å²) in [6, 6.07) is 0. The molecule has 0 aromatic carbocycles. The minimum atomic E-state index is -0.393. The van der Waals surface area contributed by atoms with E-state index in [-0.39, 0.29) is 11.8 Å². The Morgan fingerprint density at radius 3 is 2.61 bits per heavy atom. The van der Waals surface area contributed by atoms with Crippen molar-refractivity contribution in [1.29, 1.82) is 0 Å². The van der Waals surface area contributed by atoms with Gasteiger partial charge in [-0.15, -0.1) is 0 Å². The highest BCUT2D eigenvalue weighted by Crippen LogP contribution is 2.24. The van der Waals surface area contributed by atoms with Crippen LogP contribution in [0.2, 0.25) is 0 Å². The van der Waals surface area contributed by atoms with Crippen LogP contribution in [0, 0.1) is 0 Å². The third-order valence-corrected chi connectivity index (χ3v) is 3.37. The maximum Gasteiger partial charge on any atom is 0.240 e. The first kappa shape index (κ1) is 15.0. The summed E-state index contributed by atoms with van der Waals surface area (Å²) in [5.74, 6) is 0.0351. The Hall–Kier alpha value is -1.10. The first-order chi connectivity index (χ1) is 8.64. The molecule has 3 N–H and O–H groups in total. The summed E-state index contributed by atoms with van der Waals surface area (Å²) in [5, 5.41) is 8.92. The maximum atomic E-state index is 12.2. The molecule has 1 saturated heterocycles. The van der Waals surface area contributed by atoms with Crippen molar-refractivity contribution < 1.29 is 9.59 Å². The average Bonchev–Trinajstić information content (AvgIpc) is 2.79. The molecule has 1 atom stereocenters. The molecule has 5 heteroatoms. The van der Waals surface area contributed by atoms with E-state index in [0.717, 1.165) is 32.2 Å². The van der Waals surface area contributed by atoms with Gasteiger partial charge in [0.1, 0.15) is 0 Å². The molecular weight excluding hydrogens is 230 g/mol. The fraction of sp³-hybridized carbons (Fsp3) is 0.846. The maximum absolute atomic E-state index is 12.2. The Morgan fingerprint density at radius 1 is 1.28 bits per heavy atom. The molecule has 1 aliphatic heterocycles. The summed E-state index contributed by atoms with van der Waals surface area (Å²) in [4.78, 5) is 23.5. The Kier molecular flexibility index (Phi) is 6.12. The molecule has 104 valence electrons.